The van der Waals surface area contributed by atoms with Crippen LogP contribution >= 0.6 is 11.8 Å². The van der Waals surface area contributed by atoms with Gasteiger partial charge in [-0.25, -0.2) is 9.37 Å². The summed E-state index contributed by atoms with van der Waals surface area (Å²) in [6.45, 7) is 5.46. The van der Waals surface area contributed by atoms with E-state index in [1.807, 2.05) is 30.8 Å². The second-order valence-electron chi connectivity index (χ2n) is 8.16. The minimum absolute atomic E-state index is 0.127. The maximum absolute atomic E-state index is 14.9. The Morgan fingerprint density at radius 2 is 2.03 bits per heavy atom. The molecule has 0 bridgehead atoms. The van der Waals surface area contributed by atoms with Gasteiger partial charge in [-0.3, -0.25) is 0 Å². The Hall–Kier alpha value is -3.10. The second-order valence-corrected chi connectivity index (χ2v) is 9.33. The van der Waals surface area contributed by atoms with E-state index in [1.54, 1.807) is 30.5 Å². The summed E-state index contributed by atoms with van der Waals surface area (Å²) in [5, 5.41) is 3.72. The van der Waals surface area contributed by atoms with Crippen molar-refractivity contribution in [2.75, 3.05) is 30.7 Å². The molecule has 8 heteroatoms. The summed E-state index contributed by atoms with van der Waals surface area (Å²) in [7, 11) is 0. The maximum atomic E-state index is 14.9. The Labute approximate surface area is 196 Å². The molecule has 0 unspecified atom stereocenters. The molecule has 0 aliphatic carbocycles. The summed E-state index contributed by atoms with van der Waals surface area (Å²) in [4.78, 5) is 15.5. The summed E-state index contributed by atoms with van der Waals surface area (Å²) in [5.74, 6) is 1.45. The quantitative estimate of drug-likeness (QED) is 0.307. The van der Waals surface area contributed by atoms with Crippen molar-refractivity contribution in [2.45, 2.75) is 24.7 Å². The number of nitrogens with zero attached hydrogens (tertiary/aromatic N) is 3. The van der Waals surface area contributed by atoms with Gasteiger partial charge < -0.3 is 19.9 Å². The number of likely N-dealkylation sites (tertiary alicyclic amines) is 1. The lowest BCUT2D eigenvalue weighted by molar-refractivity contribution is 0.362. The summed E-state index contributed by atoms with van der Waals surface area (Å²) < 4.78 is 20.6. The third kappa shape index (κ3) is 5.29. The van der Waals surface area contributed by atoms with E-state index in [9.17, 15) is 4.39 Å². The van der Waals surface area contributed by atoms with Crippen LogP contribution in [0.4, 0.5) is 16.0 Å². The number of aryl methyl sites for hydroxylation is 1. The van der Waals surface area contributed by atoms with Gasteiger partial charge in [-0.1, -0.05) is 6.07 Å². The number of H-pyrrole nitrogens is 1. The predicted octanol–water partition coefficient (Wildman–Crippen LogP) is 6.13. The molecule has 6 nitrogen and oxygen atoms in total. The third-order valence-electron chi connectivity index (χ3n) is 5.65. The Morgan fingerprint density at radius 1 is 1.15 bits per heavy atom. The maximum Gasteiger partial charge on any atom is 0.230 e. The smallest absolute Gasteiger partial charge is 0.230 e. The van der Waals surface area contributed by atoms with Crippen LogP contribution in [0.3, 0.4) is 0 Å². The van der Waals surface area contributed by atoms with Crippen molar-refractivity contribution in [2.24, 2.45) is 0 Å². The van der Waals surface area contributed by atoms with Crippen LogP contribution in [0.15, 0.2) is 59.6 Å². The molecule has 1 saturated heterocycles. The number of anilines is 2. The normalized spacial score (nSPS) is 14.1. The molecule has 2 N–H and O–H groups in total. The van der Waals surface area contributed by atoms with Crippen molar-refractivity contribution >= 4 is 34.3 Å². The van der Waals surface area contributed by atoms with Crippen LogP contribution in [0.5, 0.6) is 11.6 Å². The number of rotatable bonds is 8. The van der Waals surface area contributed by atoms with Gasteiger partial charge in [0.15, 0.2) is 11.6 Å². The topological polar surface area (TPSA) is 66.1 Å². The molecule has 2 aromatic heterocycles. The van der Waals surface area contributed by atoms with Crippen LogP contribution in [-0.4, -0.2) is 45.2 Å². The molecule has 2 aromatic carbocycles. The fraction of sp³-hybridized carbons (Fsp3) is 0.280. The first-order valence-electron chi connectivity index (χ1n) is 11.1. The molecule has 1 fully saturated rings. The van der Waals surface area contributed by atoms with Gasteiger partial charge in [0.1, 0.15) is 0 Å². The number of aromatic nitrogens is 3. The van der Waals surface area contributed by atoms with Crippen molar-refractivity contribution in [3.05, 3.63) is 66.2 Å². The van der Waals surface area contributed by atoms with Gasteiger partial charge in [0.2, 0.25) is 11.8 Å². The van der Waals surface area contributed by atoms with Crippen LogP contribution in [-0.2, 0) is 0 Å². The number of ether oxygens (including phenoxy) is 1. The first-order valence-corrected chi connectivity index (χ1v) is 12.1. The highest BCUT2D eigenvalue weighted by Crippen LogP contribution is 2.30. The molecule has 0 spiro atoms. The van der Waals surface area contributed by atoms with Crippen molar-refractivity contribution in [3.8, 4) is 11.6 Å². The molecule has 0 radical (unpaired) electrons. The molecule has 0 atom stereocenters. The van der Waals surface area contributed by atoms with E-state index in [1.165, 1.54) is 30.8 Å². The number of halogens is 1. The Kier molecular flexibility index (Phi) is 6.46. The zero-order chi connectivity index (χ0) is 22.6. The Bertz CT molecular complexity index is 1250. The molecule has 170 valence electrons. The molecular formula is C25H26FN5OS. The summed E-state index contributed by atoms with van der Waals surface area (Å²) >= 11 is 1.85. The summed E-state index contributed by atoms with van der Waals surface area (Å²) in [5.41, 5.74) is 2.53. The molecule has 1 aliphatic rings. The van der Waals surface area contributed by atoms with E-state index < -0.39 is 5.82 Å². The molecule has 1 aliphatic heterocycles. The average molecular weight is 464 g/mol. The fourth-order valence-electron chi connectivity index (χ4n) is 4.03. The first-order chi connectivity index (χ1) is 16.1. The lowest BCUT2D eigenvalue weighted by Crippen LogP contribution is -2.21. The fourth-order valence-corrected chi connectivity index (χ4v) is 5.00. The molecule has 3 heterocycles. The lowest BCUT2D eigenvalue weighted by Gasteiger charge is -2.14. The molecule has 4 aromatic rings. The zero-order valence-corrected chi connectivity index (χ0v) is 19.3. The monoisotopic (exact) mass is 463 g/mol. The number of benzene rings is 2. The van der Waals surface area contributed by atoms with Crippen LogP contribution in [0.2, 0.25) is 0 Å². The number of nitrogens with one attached hydrogen (secondary N) is 2. The van der Waals surface area contributed by atoms with Gasteiger partial charge in [0, 0.05) is 51.7 Å². The highest BCUT2D eigenvalue weighted by Gasteiger charge is 2.13. The van der Waals surface area contributed by atoms with Crippen LogP contribution < -0.4 is 10.1 Å². The number of aromatic amines is 1. The minimum atomic E-state index is -0.413. The Balaban J connectivity index is 1.24. The van der Waals surface area contributed by atoms with Gasteiger partial charge in [-0.05, 0) is 69.3 Å². The van der Waals surface area contributed by atoms with Crippen molar-refractivity contribution < 1.29 is 9.13 Å². The van der Waals surface area contributed by atoms with Crippen molar-refractivity contribution in [1.82, 2.24) is 19.9 Å². The molecular weight excluding hydrogens is 437 g/mol. The predicted molar refractivity (Wildman–Crippen MR) is 131 cm³/mol. The van der Waals surface area contributed by atoms with E-state index in [4.69, 9.17) is 4.74 Å². The SMILES string of the molecule is Cc1cc2c(F)c(Oc3ccnc(Nc4cccc(SCCN5CCCC5)c4)n3)ccc2[nH]1. The molecule has 33 heavy (non-hydrogen) atoms. The molecule has 0 saturated carbocycles. The van der Waals surface area contributed by atoms with Crippen molar-refractivity contribution in [3.63, 3.8) is 0 Å². The van der Waals surface area contributed by atoms with E-state index in [2.05, 4.69) is 37.3 Å². The van der Waals surface area contributed by atoms with E-state index >= 15 is 0 Å². The van der Waals surface area contributed by atoms with Gasteiger partial charge in [0.05, 0.1) is 0 Å². The van der Waals surface area contributed by atoms with Gasteiger partial charge in [0.25, 0.3) is 0 Å². The minimum Gasteiger partial charge on any atom is -0.436 e. The van der Waals surface area contributed by atoms with E-state index in [0.717, 1.165) is 29.2 Å². The van der Waals surface area contributed by atoms with Gasteiger partial charge in [-0.15, -0.1) is 11.8 Å². The largest absolute Gasteiger partial charge is 0.436 e. The average Bonchev–Trinajstić information content (AvgIpc) is 3.46. The highest BCUT2D eigenvalue weighted by atomic mass is 32.2. The number of hydrogen-bond donors (Lipinski definition) is 2. The number of hydrogen-bond acceptors (Lipinski definition) is 6. The number of thioether (sulfide) groups is 1. The van der Waals surface area contributed by atoms with E-state index in [-0.39, 0.29) is 11.6 Å². The first kappa shape index (κ1) is 21.7. The lowest BCUT2D eigenvalue weighted by atomic mass is 10.2. The third-order valence-corrected chi connectivity index (χ3v) is 6.62. The number of fused-ring (bicyclic) bond motifs is 1. The summed E-state index contributed by atoms with van der Waals surface area (Å²) in [6.07, 6.45) is 4.23. The van der Waals surface area contributed by atoms with Crippen LogP contribution in [0.1, 0.15) is 18.5 Å². The van der Waals surface area contributed by atoms with Crippen LogP contribution in [0.25, 0.3) is 10.9 Å². The zero-order valence-electron chi connectivity index (χ0n) is 18.5. The van der Waals surface area contributed by atoms with Gasteiger partial charge >= 0.3 is 0 Å². The highest BCUT2D eigenvalue weighted by molar-refractivity contribution is 7.99. The summed E-state index contributed by atoms with van der Waals surface area (Å²) in [6, 6.07) is 15.0. The van der Waals surface area contributed by atoms with Crippen LogP contribution in [0, 0.1) is 12.7 Å². The second kappa shape index (κ2) is 9.80. The van der Waals surface area contributed by atoms with Gasteiger partial charge in [-0.2, -0.15) is 4.98 Å². The van der Waals surface area contributed by atoms with Crippen molar-refractivity contribution in [1.29, 1.82) is 0 Å². The molecule has 0 amide bonds. The Morgan fingerprint density at radius 3 is 2.91 bits per heavy atom. The molecule has 5 rings (SSSR count). The van der Waals surface area contributed by atoms with E-state index in [0.29, 0.717) is 11.3 Å². The standard InChI is InChI=1S/C25H26FN5OS/c1-17-15-20-21(28-17)7-8-22(24(20)26)32-23-9-10-27-25(30-23)29-18-5-4-6-19(16-18)33-14-13-31-11-2-3-12-31/h4-10,15-16,28H,2-3,11-14H2,1H3,(H,27,29,30).